The third-order valence-electron chi connectivity index (χ3n) is 4.05. The van der Waals surface area contributed by atoms with E-state index in [1.54, 1.807) is 6.07 Å². The van der Waals surface area contributed by atoms with Gasteiger partial charge >= 0.3 is 0 Å². The first-order valence-electron chi connectivity index (χ1n) is 7.09. The maximum atomic E-state index is 10.7. The van der Waals surface area contributed by atoms with Crippen molar-refractivity contribution in [1.29, 1.82) is 0 Å². The minimum atomic E-state index is -0.414. The molecule has 1 heterocycles. The first-order chi connectivity index (χ1) is 9.56. The highest BCUT2D eigenvalue weighted by Gasteiger charge is 2.27. The molecule has 2 N–H and O–H groups in total. The van der Waals surface area contributed by atoms with Crippen molar-refractivity contribution in [3.63, 3.8) is 0 Å². The normalized spacial score (nSPS) is 18.8. The Morgan fingerprint density at radius 1 is 1.45 bits per heavy atom. The summed E-state index contributed by atoms with van der Waals surface area (Å²) in [6.07, 6.45) is 1.11. The van der Waals surface area contributed by atoms with Gasteiger partial charge in [0.15, 0.2) is 0 Å². The van der Waals surface area contributed by atoms with Crippen LogP contribution in [0.15, 0.2) is 18.2 Å². The number of nitrogens with two attached hydrogens (primary N) is 1. The fourth-order valence-corrected chi connectivity index (χ4v) is 2.94. The predicted octanol–water partition coefficient (Wildman–Crippen LogP) is 2.10. The number of likely N-dealkylation sites (N-methyl/N-ethyl adjacent to an activating group) is 1. The van der Waals surface area contributed by atoms with E-state index in [-0.39, 0.29) is 5.69 Å². The molecule has 1 aliphatic rings. The Morgan fingerprint density at radius 2 is 2.15 bits per heavy atom. The lowest BCUT2D eigenvalue weighted by Gasteiger charge is -2.27. The van der Waals surface area contributed by atoms with E-state index < -0.39 is 4.92 Å². The molecule has 0 bridgehead atoms. The van der Waals surface area contributed by atoms with E-state index in [0.717, 1.165) is 38.3 Å². The summed E-state index contributed by atoms with van der Waals surface area (Å²) < 4.78 is 0. The zero-order valence-corrected chi connectivity index (χ0v) is 12.1. The lowest BCUT2D eigenvalue weighted by Crippen LogP contribution is -2.37. The third kappa shape index (κ3) is 2.85. The second-order valence-electron chi connectivity index (χ2n) is 5.11. The van der Waals surface area contributed by atoms with Gasteiger partial charge < -0.3 is 10.6 Å². The lowest BCUT2D eigenvalue weighted by molar-refractivity contribution is -0.384. The summed E-state index contributed by atoms with van der Waals surface area (Å²) in [6, 6.07) is 5.27. The molecule has 6 nitrogen and oxygen atoms in total. The lowest BCUT2D eigenvalue weighted by atomic mass is 10.2. The summed E-state index contributed by atoms with van der Waals surface area (Å²) in [7, 11) is 0. The van der Waals surface area contributed by atoms with Crippen molar-refractivity contribution in [3.05, 3.63) is 28.3 Å². The number of nitrogens with zero attached hydrogens (tertiary/aromatic N) is 3. The highest BCUT2D eigenvalue weighted by molar-refractivity contribution is 5.71. The molecule has 1 fully saturated rings. The van der Waals surface area contributed by atoms with Crippen molar-refractivity contribution < 1.29 is 4.92 Å². The quantitative estimate of drug-likeness (QED) is 0.507. The molecule has 1 aromatic rings. The molecular formula is C14H22N4O2. The van der Waals surface area contributed by atoms with Gasteiger partial charge in [0.1, 0.15) is 0 Å². The Morgan fingerprint density at radius 3 is 2.70 bits per heavy atom. The van der Waals surface area contributed by atoms with Gasteiger partial charge in [-0.2, -0.15) is 0 Å². The maximum Gasteiger partial charge on any atom is 0.271 e. The van der Waals surface area contributed by atoms with Crippen LogP contribution in [-0.2, 0) is 0 Å². The zero-order chi connectivity index (χ0) is 14.7. The van der Waals surface area contributed by atoms with Crippen LogP contribution in [0.2, 0.25) is 0 Å². The van der Waals surface area contributed by atoms with Crippen LogP contribution in [0.5, 0.6) is 0 Å². The zero-order valence-electron chi connectivity index (χ0n) is 12.1. The van der Waals surface area contributed by atoms with Gasteiger partial charge in [-0.25, -0.2) is 0 Å². The first-order valence-corrected chi connectivity index (χ1v) is 7.09. The van der Waals surface area contributed by atoms with Crippen LogP contribution >= 0.6 is 0 Å². The summed E-state index contributed by atoms with van der Waals surface area (Å²) in [4.78, 5) is 15.0. The molecule has 0 spiro atoms. The number of anilines is 2. The van der Waals surface area contributed by atoms with E-state index in [0.29, 0.717) is 11.7 Å². The molecule has 20 heavy (non-hydrogen) atoms. The Labute approximate surface area is 119 Å². The molecule has 0 aromatic heterocycles. The van der Waals surface area contributed by atoms with Crippen LogP contribution in [0.1, 0.15) is 20.3 Å². The molecule has 1 saturated heterocycles. The summed E-state index contributed by atoms with van der Waals surface area (Å²) >= 11 is 0. The Balaban J connectivity index is 2.12. The molecule has 0 saturated carbocycles. The van der Waals surface area contributed by atoms with E-state index >= 15 is 0 Å². The number of non-ortho nitro benzene ring substituents is 1. The minimum absolute atomic E-state index is 0.0470. The maximum absolute atomic E-state index is 10.7. The fourth-order valence-electron chi connectivity index (χ4n) is 2.94. The number of rotatable bonds is 5. The minimum Gasteiger partial charge on any atom is -0.397 e. The van der Waals surface area contributed by atoms with Gasteiger partial charge in [0.2, 0.25) is 0 Å². The number of benzene rings is 1. The Hall–Kier alpha value is -1.82. The van der Waals surface area contributed by atoms with Crippen LogP contribution < -0.4 is 10.6 Å². The highest BCUT2D eigenvalue weighted by atomic mass is 16.6. The molecule has 0 radical (unpaired) electrons. The fraction of sp³-hybridized carbons (Fsp3) is 0.571. The highest BCUT2D eigenvalue weighted by Crippen LogP contribution is 2.31. The summed E-state index contributed by atoms with van der Waals surface area (Å²) in [6.45, 7) is 8.32. The summed E-state index contributed by atoms with van der Waals surface area (Å²) in [5.74, 6) is 0. The number of hydrogen-bond donors (Lipinski definition) is 1. The second-order valence-corrected chi connectivity index (χ2v) is 5.11. The van der Waals surface area contributed by atoms with E-state index in [9.17, 15) is 10.1 Å². The average molecular weight is 278 g/mol. The van der Waals surface area contributed by atoms with Crippen LogP contribution in [-0.4, -0.2) is 42.0 Å². The molecule has 0 aliphatic carbocycles. The van der Waals surface area contributed by atoms with E-state index in [1.165, 1.54) is 12.1 Å². The molecule has 1 aliphatic heterocycles. The molecular weight excluding hydrogens is 256 g/mol. The van der Waals surface area contributed by atoms with Crippen LogP contribution in [0.3, 0.4) is 0 Å². The van der Waals surface area contributed by atoms with Crippen LogP contribution in [0, 0.1) is 10.1 Å². The van der Waals surface area contributed by atoms with Crippen LogP contribution in [0.25, 0.3) is 0 Å². The molecule has 1 aromatic carbocycles. The molecule has 1 unspecified atom stereocenters. The van der Waals surface area contributed by atoms with Gasteiger partial charge in [0.25, 0.3) is 5.69 Å². The van der Waals surface area contributed by atoms with Gasteiger partial charge in [0, 0.05) is 31.3 Å². The van der Waals surface area contributed by atoms with Gasteiger partial charge in [0.05, 0.1) is 16.3 Å². The standard InChI is InChI=1S/C14H22N4O2/c1-3-16(4-2)12-7-8-17(10-12)14-6-5-11(18(19)20)9-13(14)15/h5-6,9,12H,3-4,7-8,10,15H2,1-2H3. The van der Waals surface area contributed by atoms with Crippen LogP contribution in [0.4, 0.5) is 17.1 Å². The van der Waals surface area contributed by atoms with E-state index in [1.807, 2.05) is 0 Å². The molecule has 2 rings (SSSR count). The van der Waals surface area contributed by atoms with E-state index in [4.69, 9.17) is 5.73 Å². The van der Waals surface area contributed by atoms with Gasteiger partial charge in [-0.1, -0.05) is 13.8 Å². The largest absolute Gasteiger partial charge is 0.397 e. The monoisotopic (exact) mass is 278 g/mol. The Kier molecular flexibility index (Phi) is 4.44. The van der Waals surface area contributed by atoms with Crippen molar-refractivity contribution in [2.75, 3.05) is 36.8 Å². The summed E-state index contributed by atoms with van der Waals surface area (Å²) in [5, 5.41) is 10.7. The predicted molar refractivity (Wildman–Crippen MR) is 81.0 cm³/mol. The van der Waals surface area contributed by atoms with Crippen molar-refractivity contribution in [2.45, 2.75) is 26.3 Å². The van der Waals surface area contributed by atoms with Gasteiger partial charge in [-0.3, -0.25) is 15.0 Å². The average Bonchev–Trinajstić information content (AvgIpc) is 2.89. The summed E-state index contributed by atoms with van der Waals surface area (Å²) in [5.41, 5.74) is 7.41. The Bertz CT molecular complexity index is 488. The van der Waals surface area contributed by atoms with Crippen molar-refractivity contribution in [3.8, 4) is 0 Å². The topological polar surface area (TPSA) is 75.6 Å². The third-order valence-corrected chi connectivity index (χ3v) is 4.05. The number of nitro benzene ring substituents is 1. The van der Waals surface area contributed by atoms with Crippen molar-refractivity contribution >= 4 is 17.1 Å². The molecule has 1 atom stereocenters. The molecule has 0 amide bonds. The molecule has 110 valence electrons. The second kappa shape index (κ2) is 6.09. The smallest absolute Gasteiger partial charge is 0.271 e. The van der Waals surface area contributed by atoms with Crippen molar-refractivity contribution in [1.82, 2.24) is 4.90 Å². The number of nitrogen functional groups attached to an aromatic ring is 1. The van der Waals surface area contributed by atoms with Gasteiger partial charge in [-0.15, -0.1) is 0 Å². The number of hydrogen-bond acceptors (Lipinski definition) is 5. The molecule has 6 heteroatoms. The van der Waals surface area contributed by atoms with E-state index in [2.05, 4.69) is 23.6 Å². The van der Waals surface area contributed by atoms with Gasteiger partial charge in [-0.05, 0) is 25.6 Å². The van der Waals surface area contributed by atoms with Crippen molar-refractivity contribution in [2.24, 2.45) is 0 Å². The first kappa shape index (κ1) is 14.6. The number of nitro groups is 1. The SMILES string of the molecule is CCN(CC)C1CCN(c2ccc([N+](=O)[O-])cc2N)C1.